The van der Waals surface area contributed by atoms with Crippen molar-refractivity contribution in [3.63, 3.8) is 0 Å². The second-order valence-corrected chi connectivity index (χ2v) is 5.21. The summed E-state index contributed by atoms with van der Waals surface area (Å²) in [5.41, 5.74) is 1.35. The van der Waals surface area contributed by atoms with Gasteiger partial charge in [0, 0.05) is 18.4 Å². The molecule has 0 aromatic carbocycles. The lowest BCUT2D eigenvalue weighted by Crippen LogP contribution is -2.14. The van der Waals surface area contributed by atoms with Crippen molar-refractivity contribution >= 4 is 43.2 Å². The SMILES string of the molecule is BrCCNCc1csc(Br)c1. The number of halogens is 2. The molecule has 0 radical (unpaired) electrons. The van der Waals surface area contributed by atoms with E-state index in [0.717, 1.165) is 18.4 Å². The zero-order chi connectivity index (χ0) is 8.10. The number of hydrogen-bond acceptors (Lipinski definition) is 2. The highest BCUT2D eigenvalue weighted by Crippen LogP contribution is 2.20. The molecule has 0 saturated heterocycles. The number of nitrogens with one attached hydrogen (secondary N) is 1. The van der Waals surface area contributed by atoms with Gasteiger partial charge in [0.05, 0.1) is 3.79 Å². The predicted molar refractivity (Wildman–Crippen MR) is 57.5 cm³/mol. The minimum absolute atomic E-state index is 0.966. The summed E-state index contributed by atoms with van der Waals surface area (Å²) < 4.78 is 1.20. The van der Waals surface area contributed by atoms with Gasteiger partial charge in [-0.15, -0.1) is 11.3 Å². The summed E-state index contributed by atoms with van der Waals surface area (Å²) in [5, 5.41) is 6.47. The highest BCUT2D eigenvalue weighted by atomic mass is 79.9. The third-order valence-corrected chi connectivity index (χ3v) is 3.17. The first-order valence-corrected chi connectivity index (χ1v) is 6.12. The van der Waals surface area contributed by atoms with E-state index in [9.17, 15) is 0 Å². The van der Waals surface area contributed by atoms with Gasteiger partial charge in [0.25, 0.3) is 0 Å². The Morgan fingerprint density at radius 1 is 1.55 bits per heavy atom. The molecule has 0 aliphatic carbocycles. The third-order valence-electron chi connectivity index (χ3n) is 1.22. The average molecular weight is 299 g/mol. The average Bonchev–Trinajstić information content (AvgIpc) is 2.37. The van der Waals surface area contributed by atoms with Crippen molar-refractivity contribution in [3.8, 4) is 0 Å². The van der Waals surface area contributed by atoms with Gasteiger partial charge in [-0.1, -0.05) is 15.9 Å². The van der Waals surface area contributed by atoms with Gasteiger partial charge in [0.2, 0.25) is 0 Å². The van der Waals surface area contributed by atoms with Crippen LogP contribution in [-0.4, -0.2) is 11.9 Å². The minimum atomic E-state index is 0.966. The van der Waals surface area contributed by atoms with Crippen LogP contribution in [0.15, 0.2) is 15.2 Å². The van der Waals surface area contributed by atoms with Crippen molar-refractivity contribution in [1.29, 1.82) is 0 Å². The molecule has 0 atom stereocenters. The Bertz CT molecular complexity index is 212. The first kappa shape index (κ1) is 9.71. The number of rotatable bonds is 4. The van der Waals surface area contributed by atoms with Crippen molar-refractivity contribution in [1.82, 2.24) is 5.32 Å². The van der Waals surface area contributed by atoms with Crippen molar-refractivity contribution in [2.45, 2.75) is 6.54 Å². The van der Waals surface area contributed by atoms with E-state index >= 15 is 0 Å². The Hall–Kier alpha value is 0.620. The van der Waals surface area contributed by atoms with Crippen LogP contribution in [0.25, 0.3) is 0 Å². The van der Waals surface area contributed by atoms with Crippen LogP contribution in [0.4, 0.5) is 0 Å². The maximum Gasteiger partial charge on any atom is 0.0701 e. The molecule has 1 nitrogen and oxygen atoms in total. The first-order valence-electron chi connectivity index (χ1n) is 3.32. The van der Waals surface area contributed by atoms with Gasteiger partial charge in [-0.3, -0.25) is 0 Å². The van der Waals surface area contributed by atoms with Crippen LogP contribution < -0.4 is 5.32 Å². The second-order valence-electron chi connectivity index (χ2n) is 2.12. The molecule has 1 aromatic heterocycles. The van der Waals surface area contributed by atoms with Gasteiger partial charge in [-0.25, -0.2) is 0 Å². The highest BCUT2D eigenvalue weighted by molar-refractivity contribution is 9.11. The van der Waals surface area contributed by atoms with Crippen LogP contribution in [0, 0.1) is 0 Å². The Balaban J connectivity index is 2.27. The third kappa shape index (κ3) is 3.69. The van der Waals surface area contributed by atoms with E-state index in [1.54, 1.807) is 11.3 Å². The van der Waals surface area contributed by atoms with Crippen LogP contribution in [0.2, 0.25) is 0 Å². The topological polar surface area (TPSA) is 12.0 Å². The summed E-state index contributed by atoms with van der Waals surface area (Å²) >= 11 is 8.51. The summed E-state index contributed by atoms with van der Waals surface area (Å²) in [6, 6.07) is 2.14. The largest absolute Gasteiger partial charge is 0.312 e. The quantitative estimate of drug-likeness (QED) is 0.666. The fourth-order valence-electron chi connectivity index (χ4n) is 0.738. The lowest BCUT2D eigenvalue weighted by atomic mass is 10.3. The molecular formula is C7H9Br2NS. The summed E-state index contributed by atoms with van der Waals surface area (Å²) in [6.45, 7) is 1.99. The van der Waals surface area contributed by atoms with Gasteiger partial charge in [-0.05, 0) is 32.9 Å². The van der Waals surface area contributed by atoms with Gasteiger partial charge in [0.15, 0.2) is 0 Å². The Labute approximate surface area is 87.5 Å². The van der Waals surface area contributed by atoms with Crippen LogP contribution >= 0.6 is 43.2 Å². The molecular weight excluding hydrogens is 290 g/mol. The number of thiophene rings is 1. The molecule has 0 amide bonds. The van der Waals surface area contributed by atoms with Gasteiger partial charge in [-0.2, -0.15) is 0 Å². The van der Waals surface area contributed by atoms with Crippen LogP contribution in [0.5, 0.6) is 0 Å². The van der Waals surface area contributed by atoms with E-state index in [2.05, 4.69) is 48.6 Å². The molecule has 1 heterocycles. The second kappa shape index (κ2) is 5.30. The standard InChI is InChI=1S/C7H9Br2NS/c8-1-2-10-4-6-3-7(9)11-5-6/h3,5,10H,1-2,4H2. The Kier molecular flexibility index (Phi) is 4.67. The lowest BCUT2D eigenvalue weighted by Gasteiger charge is -1.97. The monoisotopic (exact) mass is 297 g/mol. The zero-order valence-corrected chi connectivity index (χ0v) is 9.93. The van der Waals surface area contributed by atoms with Gasteiger partial charge >= 0.3 is 0 Å². The molecule has 0 aliphatic heterocycles. The lowest BCUT2D eigenvalue weighted by molar-refractivity contribution is 0.736. The molecule has 1 N–H and O–H groups in total. The van der Waals surface area contributed by atoms with E-state index in [0.29, 0.717) is 0 Å². The highest BCUT2D eigenvalue weighted by Gasteiger charge is 1.94. The number of alkyl halides is 1. The molecule has 11 heavy (non-hydrogen) atoms. The molecule has 4 heteroatoms. The zero-order valence-electron chi connectivity index (χ0n) is 5.94. The van der Waals surface area contributed by atoms with Crippen LogP contribution in [-0.2, 0) is 6.54 Å². The fraction of sp³-hybridized carbons (Fsp3) is 0.429. The summed E-state index contributed by atoms with van der Waals surface area (Å²) in [4.78, 5) is 0. The molecule has 1 rings (SSSR count). The van der Waals surface area contributed by atoms with E-state index in [1.807, 2.05) is 0 Å². The van der Waals surface area contributed by atoms with Crippen LogP contribution in [0.3, 0.4) is 0 Å². The smallest absolute Gasteiger partial charge is 0.0701 e. The molecule has 0 aliphatic rings. The van der Waals surface area contributed by atoms with Crippen molar-refractivity contribution in [3.05, 3.63) is 20.8 Å². The fourth-order valence-corrected chi connectivity index (χ4v) is 2.23. The van der Waals surface area contributed by atoms with Crippen molar-refractivity contribution in [2.24, 2.45) is 0 Å². The molecule has 0 fully saturated rings. The molecule has 0 bridgehead atoms. The Morgan fingerprint density at radius 3 is 2.91 bits per heavy atom. The van der Waals surface area contributed by atoms with Gasteiger partial charge < -0.3 is 5.32 Å². The normalized spacial score (nSPS) is 10.4. The molecule has 1 aromatic rings. The molecule has 62 valence electrons. The van der Waals surface area contributed by atoms with Crippen molar-refractivity contribution in [2.75, 3.05) is 11.9 Å². The van der Waals surface area contributed by atoms with Gasteiger partial charge in [0.1, 0.15) is 0 Å². The molecule has 0 spiro atoms. The first-order chi connectivity index (χ1) is 5.33. The maximum atomic E-state index is 3.42. The number of hydrogen-bond donors (Lipinski definition) is 1. The van der Waals surface area contributed by atoms with Crippen LogP contribution in [0.1, 0.15) is 5.56 Å². The summed E-state index contributed by atoms with van der Waals surface area (Å²) in [6.07, 6.45) is 0. The molecule has 0 unspecified atom stereocenters. The Morgan fingerprint density at radius 2 is 2.36 bits per heavy atom. The molecule has 0 saturated carbocycles. The summed E-state index contributed by atoms with van der Waals surface area (Å²) in [5.74, 6) is 0. The minimum Gasteiger partial charge on any atom is -0.312 e. The van der Waals surface area contributed by atoms with Crippen molar-refractivity contribution < 1.29 is 0 Å². The maximum absolute atomic E-state index is 3.42. The van der Waals surface area contributed by atoms with E-state index in [-0.39, 0.29) is 0 Å². The predicted octanol–water partition coefficient (Wildman–Crippen LogP) is 3.00. The van der Waals surface area contributed by atoms with E-state index in [4.69, 9.17) is 0 Å². The van der Waals surface area contributed by atoms with E-state index < -0.39 is 0 Å². The summed E-state index contributed by atoms with van der Waals surface area (Å²) in [7, 11) is 0. The van der Waals surface area contributed by atoms with E-state index in [1.165, 1.54) is 9.35 Å².